The molecule has 1 aliphatic heterocycles. The zero-order chi connectivity index (χ0) is 13.9. The fraction of sp³-hybridized carbons (Fsp3) is 0.294. The monoisotopic (exact) mass is 273 g/mol. The molecule has 0 radical (unpaired) electrons. The van der Waals surface area contributed by atoms with Gasteiger partial charge in [-0.3, -0.25) is 0 Å². The van der Waals surface area contributed by atoms with Gasteiger partial charge in [-0.25, -0.2) is 8.78 Å². The molecule has 0 bridgehead atoms. The molecule has 1 heterocycles. The fourth-order valence-corrected chi connectivity index (χ4v) is 2.81. The lowest BCUT2D eigenvalue weighted by Gasteiger charge is -2.27. The van der Waals surface area contributed by atoms with Crippen LogP contribution in [0.3, 0.4) is 0 Å². The van der Waals surface area contributed by atoms with Gasteiger partial charge in [-0.05, 0) is 55.0 Å². The van der Waals surface area contributed by atoms with Crippen LogP contribution in [0.1, 0.15) is 24.0 Å². The van der Waals surface area contributed by atoms with Crippen molar-refractivity contribution < 1.29 is 8.78 Å². The van der Waals surface area contributed by atoms with Crippen molar-refractivity contribution >= 4 is 5.69 Å². The number of aryl methyl sites for hydroxylation is 2. The lowest BCUT2D eigenvalue weighted by atomic mass is 9.94. The van der Waals surface area contributed by atoms with Crippen LogP contribution < -0.4 is 5.32 Å². The third-order valence-corrected chi connectivity index (χ3v) is 3.84. The van der Waals surface area contributed by atoms with Crippen molar-refractivity contribution in [1.82, 2.24) is 0 Å². The van der Waals surface area contributed by atoms with Crippen LogP contribution >= 0.6 is 0 Å². The summed E-state index contributed by atoms with van der Waals surface area (Å²) in [5.74, 6) is -0.996. The van der Waals surface area contributed by atoms with E-state index in [1.54, 1.807) is 0 Å². The lowest BCUT2D eigenvalue weighted by Crippen LogP contribution is -2.25. The Morgan fingerprint density at radius 3 is 2.60 bits per heavy atom. The summed E-state index contributed by atoms with van der Waals surface area (Å²) >= 11 is 0. The van der Waals surface area contributed by atoms with Gasteiger partial charge in [0, 0.05) is 17.8 Å². The molecule has 3 heteroatoms. The van der Waals surface area contributed by atoms with E-state index in [4.69, 9.17) is 0 Å². The number of nitrogens with one attached hydrogen (secondary N) is 1. The summed E-state index contributed by atoms with van der Waals surface area (Å²) in [6.07, 6.45) is 3.70. The molecule has 1 nitrogen and oxygen atoms in total. The van der Waals surface area contributed by atoms with Crippen molar-refractivity contribution in [1.29, 1.82) is 0 Å². The molecule has 0 saturated heterocycles. The van der Waals surface area contributed by atoms with Crippen LogP contribution in [0.4, 0.5) is 14.5 Å². The minimum Gasteiger partial charge on any atom is -0.382 e. The summed E-state index contributed by atoms with van der Waals surface area (Å²) in [7, 11) is 0. The Morgan fingerprint density at radius 1 is 1.05 bits per heavy atom. The average Bonchev–Trinajstić information content (AvgIpc) is 2.44. The number of fused-ring (bicyclic) bond motifs is 1. The first-order chi connectivity index (χ1) is 9.70. The van der Waals surface area contributed by atoms with E-state index >= 15 is 0 Å². The maximum atomic E-state index is 13.1. The third-order valence-electron chi connectivity index (χ3n) is 3.84. The highest BCUT2D eigenvalue weighted by Crippen LogP contribution is 2.26. The molecule has 2 aromatic rings. The SMILES string of the molecule is Fc1cc(F)cc(CCC2CCc3ccccc3N2)c1. The van der Waals surface area contributed by atoms with Crippen LogP contribution in [0.15, 0.2) is 42.5 Å². The summed E-state index contributed by atoms with van der Waals surface area (Å²) in [4.78, 5) is 0. The molecule has 3 rings (SSSR count). The van der Waals surface area contributed by atoms with Crippen LogP contribution in [0.25, 0.3) is 0 Å². The van der Waals surface area contributed by atoms with Gasteiger partial charge in [0.05, 0.1) is 0 Å². The molecule has 20 heavy (non-hydrogen) atoms. The molecule has 0 spiro atoms. The van der Waals surface area contributed by atoms with Crippen molar-refractivity contribution in [3.8, 4) is 0 Å². The number of hydrogen-bond acceptors (Lipinski definition) is 1. The first-order valence-corrected chi connectivity index (χ1v) is 7.00. The van der Waals surface area contributed by atoms with E-state index in [2.05, 4.69) is 23.5 Å². The van der Waals surface area contributed by atoms with Crippen molar-refractivity contribution in [3.05, 3.63) is 65.2 Å². The molecule has 2 aromatic carbocycles. The number of para-hydroxylation sites is 1. The zero-order valence-corrected chi connectivity index (χ0v) is 11.2. The zero-order valence-electron chi connectivity index (χ0n) is 11.2. The van der Waals surface area contributed by atoms with E-state index in [-0.39, 0.29) is 0 Å². The average molecular weight is 273 g/mol. The number of anilines is 1. The topological polar surface area (TPSA) is 12.0 Å². The molecule has 1 atom stereocenters. The van der Waals surface area contributed by atoms with E-state index in [9.17, 15) is 8.78 Å². The summed E-state index contributed by atoms with van der Waals surface area (Å²) in [5, 5.41) is 3.51. The molecule has 0 saturated carbocycles. The molecule has 1 N–H and O–H groups in total. The summed E-state index contributed by atoms with van der Waals surface area (Å²) in [6, 6.07) is 12.4. The molecule has 0 aliphatic carbocycles. The van der Waals surface area contributed by atoms with Crippen molar-refractivity contribution in [2.24, 2.45) is 0 Å². The molecule has 1 unspecified atom stereocenters. The number of halogens is 2. The van der Waals surface area contributed by atoms with Gasteiger partial charge in [-0.2, -0.15) is 0 Å². The molecular weight excluding hydrogens is 256 g/mol. The number of hydrogen-bond donors (Lipinski definition) is 1. The van der Waals surface area contributed by atoms with Gasteiger partial charge < -0.3 is 5.32 Å². The lowest BCUT2D eigenvalue weighted by molar-refractivity contribution is 0.566. The smallest absolute Gasteiger partial charge is 0.126 e. The molecule has 0 aromatic heterocycles. The fourth-order valence-electron chi connectivity index (χ4n) is 2.81. The second kappa shape index (κ2) is 5.61. The van der Waals surface area contributed by atoms with E-state index in [0.29, 0.717) is 12.5 Å². The van der Waals surface area contributed by atoms with Gasteiger partial charge >= 0.3 is 0 Å². The Kier molecular flexibility index (Phi) is 3.68. The van der Waals surface area contributed by atoms with Crippen molar-refractivity contribution in [2.45, 2.75) is 31.7 Å². The third kappa shape index (κ3) is 2.98. The van der Waals surface area contributed by atoms with E-state index in [0.717, 1.165) is 30.9 Å². The van der Waals surface area contributed by atoms with Crippen molar-refractivity contribution in [3.63, 3.8) is 0 Å². The van der Waals surface area contributed by atoms with Gasteiger partial charge in [0.15, 0.2) is 0 Å². The quantitative estimate of drug-likeness (QED) is 0.878. The Labute approximate surface area is 117 Å². The van der Waals surface area contributed by atoms with E-state index < -0.39 is 11.6 Å². The Morgan fingerprint density at radius 2 is 1.80 bits per heavy atom. The van der Waals surface area contributed by atoms with Crippen LogP contribution in [-0.4, -0.2) is 6.04 Å². The maximum absolute atomic E-state index is 13.1. The van der Waals surface area contributed by atoms with Crippen molar-refractivity contribution in [2.75, 3.05) is 5.32 Å². The van der Waals surface area contributed by atoms with Crippen LogP contribution in [-0.2, 0) is 12.8 Å². The predicted molar refractivity (Wildman–Crippen MR) is 76.9 cm³/mol. The Bertz CT molecular complexity index is 589. The molecule has 104 valence electrons. The summed E-state index contributed by atoms with van der Waals surface area (Å²) in [5.41, 5.74) is 3.26. The highest BCUT2D eigenvalue weighted by Gasteiger charge is 2.17. The summed E-state index contributed by atoms with van der Waals surface area (Å²) < 4.78 is 26.3. The first kappa shape index (κ1) is 13.1. The minimum absolute atomic E-state index is 0.372. The molecule has 1 aliphatic rings. The van der Waals surface area contributed by atoms with Crippen LogP contribution in [0.5, 0.6) is 0 Å². The Hall–Kier alpha value is -1.90. The molecule has 0 amide bonds. The normalized spacial score (nSPS) is 17.4. The number of rotatable bonds is 3. The second-order valence-corrected chi connectivity index (χ2v) is 5.35. The number of benzene rings is 2. The Balaban J connectivity index is 1.62. The van der Waals surface area contributed by atoms with Gasteiger partial charge in [0.2, 0.25) is 0 Å². The first-order valence-electron chi connectivity index (χ1n) is 7.00. The molecule has 0 fully saturated rings. The van der Waals surface area contributed by atoms with E-state index in [1.165, 1.54) is 23.4 Å². The van der Waals surface area contributed by atoms with Gasteiger partial charge in [0.25, 0.3) is 0 Å². The van der Waals surface area contributed by atoms with Gasteiger partial charge in [-0.1, -0.05) is 18.2 Å². The van der Waals surface area contributed by atoms with Gasteiger partial charge in [0.1, 0.15) is 11.6 Å². The molecular formula is C17H17F2N. The largest absolute Gasteiger partial charge is 0.382 e. The van der Waals surface area contributed by atoms with Gasteiger partial charge in [-0.15, -0.1) is 0 Å². The predicted octanol–water partition coefficient (Wildman–Crippen LogP) is 4.32. The highest BCUT2D eigenvalue weighted by atomic mass is 19.1. The minimum atomic E-state index is -0.498. The standard InChI is InChI=1S/C17H17F2N/c18-14-9-12(10-15(19)11-14)5-7-16-8-6-13-3-1-2-4-17(13)20-16/h1-4,9-11,16,20H,5-8H2. The summed E-state index contributed by atoms with van der Waals surface area (Å²) in [6.45, 7) is 0. The maximum Gasteiger partial charge on any atom is 0.126 e. The highest BCUT2D eigenvalue weighted by molar-refractivity contribution is 5.53. The van der Waals surface area contributed by atoms with Crippen LogP contribution in [0.2, 0.25) is 0 Å². The second-order valence-electron chi connectivity index (χ2n) is 5.35. The van der Waals surface area contributed by atoms with Crippen LogP contribution in [0, 0.1) is 11.6 Å². The van der Waals surface area contributed by atoms with E-state index in [1.807, 2.05) is 6.07 Å².